The van der Waals surface area contributed by atoms with Crippen molar-refractivity contribution in [1.29, 1.82) is 0 Å². The van der Waals surface area contributed by atoms with Gasteiger partial charge in [-0.2, -0.15) is 11.8 Å². The third-order valence-corrected chi connectivity index (χ3v) is 6.07. The van der Waals surface area contributed by atoms with Crippen molar-refractivity contribution in [3.8, 4) is 0 Å². The topological polar surface area (TPSA) is 21.3 Å². The second-order valence-corrected chi connectivity index (χ2v) is 9.16. The molecule has 2 fully saturated rings. The average molecular weight is 285 g/mol. The molecule has 2 rings (SSSR count). The monoisotopic (exact) mass is 285 g/mol. The first-order valence-electron chi connectivity index (χ1n) is 7.89. The van der Waals surface area contributed by atoms with Gasteiger partial charge >= 0.3 is 0 Å². The maximum Gasteiger partial charge on any atom is 0.0685 e. The standard InChI is InChI=1S/C16H31NOS/c1-15(2,3)19-12-14(17-4)13-7-10-18-16(11-13)8-5-6-9-16/h13-14,17H,5-12H2,1-4H3. The molecule has 19 heavy (non-hydrogen) atoms. The van der Waals surface area contributed by atoms with Crippen LogP contribution < -0.4 is 5.32 Å². The summed E-state index contributed by atoms with van der Waals surface area (Å²) in [6.45, 7) is 7.91. The van der Waals surface area contributed by atoms with E-state index < -0.39 is 0 Å². The number of thioether (sulfide) groups is 1. The van der Waals surface area contributed by atoms with E-state index in [-0.39, 0.29) is 5.60 Å². The number of hydrogen-bond acceptors (Lipinski definition) is 3. The Morgan fingerprint density at radius 2 is 2.00 bits per heavy atom. The van der Waals surface area contributed by atoms with E-state index in [9.17, 15) is 0 Å². The molecular weight excluding hydrogens is 254 g/mol. The molecule has 0 bridgehead atoms. The Bertz CT molecular complexity index is 281. The molecule has 1 saturated heterocycles. The van der Waals surface area contributed by atoms with Crippen LogP contribution in [0.25, 0.3) is 0 Å². The van der Waals surface area contributed by atoms with Gasteiger partial charge in [0.05, 0.1) is 5.60 Å². The molecule has 2 atom stereocenters. The number of hydrogen-bond donors (Lipinski definition) is 1. The Balaban J connectivity index is 1.90. The highest BCUT2D eigenvalue weighted by molar-refractivity contribution is 8.00. The minimum atomic E-state index is 0.254. The molecule has 1 spiro atoms. The first-order chi connectivity index (χ1) is 8.94. The Morgan fingerprint density at radius 1 is 1.32 bits per heavy atom. The van der Waals surface area contributed by atoms with Crippen LogP contribution in [0.4, 0.5) is 0 Å². The molecule has 0 aromatic rings. The molecule has 2 unspecified atom stereocenters. The van der Waals surface area contributed by atoms with Crippen LogP contribution in [0.15, 0.2) is 0 Å². The Morgan fingerprint density at radius 3 is 2.58 bits per heavy atom. The minimum Gasteiger partial charge on any atom is -0.375 e. The van der Waals surface area contributed by atoms with Crippen molar-refractivity contribution in [2.45, 2.75) is 75.7 Å². The SMILES string of the molecule is CNC(CSC(C)(C)C)C1CCOC2(CCCC2)C1. The quantitative estimate of drug-likeness (QED) is 0.848. The number of ether oxygens (including phenoxy) is 1. The molecule has 1 saturated carbocycles. The van der Waals surface area contributed by atoms with Crippen molar-refractivity contribution in [3.05, 3.63) is 0 Å². The van der Waals surface area contributed by atoms with Crippen LogP contribution in [0.5, 0.6) is 0 Å². The highest BCUT2D eigenvalue weighted by Crippen LogP contribution is 2.43. The van der Waals surface area contributed by atoms with Crippen molar-refractivity contribution in [2.24, 2.45) is 5.92 Å². The van der Waals surface area contributed by atoms with Crippen LogP contribution in [-0.2, 0) is 4.74 Å². The second kappa shape index (κ2) is 6.36. The van der Waals surface area contributed by atoms with E-state index in [4.69, 9.17) is 4.74 Å². The lowest BCUT2D eigenvalue weighted by Crippen LogP contribution is -2.46. The van der Waals surface area contributed by atoms with Gasteiger partial charge in [0.25, 0.3) is 0 Å². The molecular formula is C16H31NOS. The lowest BCUT2D eigenvalue weighted by atomic mass is 9.81. The van der Waals surface area contributed by atoms with Crippen molar-refractivity contribution >= 4 is 11.8 Å². The molecule has 1 heterocycles. The maximum atomic E-state index is 6.16. The Kier molecular flexibility index (Phi) is 5.24. The van der Waals surface area contributed by atoms with Gasteiger partial charge in [0.1, 0.15) is 0 Å². The van der Waals surface area contributed by atoms with Crippen molar-refractivity contribution in [1.82, 2.24) is 5.32 Å². The van der Waals surface area contributed by atoms with Crippen LogP contribution in [0.3, 0.4) is 0 Å². The second-order valence-electron chi connectivity index (χ2n) is 7.31. The molecule has 2 aliphatic rings. The summed E-state index contributed by atoms with van der Waals surface area (Å²) < 4.78 is 6.53. The highest BCUT2D eigenvalue weighted by Gasteiger charge is 2.41. The summed E-state index contributed by atoms with van der Waals surface area (Å²) in [5, 5.41) is 3.57. The third-order valence-electron chi connectivity index (χ3n) is 4.68. The predicted molar refractivity (Wildman–Crippen MR) is 84.9 cm³/mol. The van der Waals surface area contributed by atoms with Gasteiger partial charge in [0.15, 0.2) is 0 Å². The molecule has 1 aliphatic carbocycles. The summed E-state index contributed by atoms with van der Waals surface area (Å²) in [5.41, 5.74) is 0.254. The van der Waals surface area contributed by atoms with Gasteiger partial charge in [-0.25, -0.2) is 0 Å². The zero-order valence-electron chi connectivity index (χ0n) is 13.1. The summed E-state index contributed by atoms with van der Waals surface area (Å²) in [4.78, 5) is 0. The van der Waals surface area contributed by atoms with Gasteiger partial charge < -0.3 is 10.1 Å². The number of rotatable bonds is 4. The zero-order valence-corrected chi connectivity index (χ0v) is 13.9. The van der Waals surface area contributed by atoms with Crippen LogP contribution >= 0.6 is 11.8 Å². The molecule has 0 aromatic heterocycles. The van der Waals surface area contributed by atoms with Gasteiger partial charge in [-0.1, -0.05) is 33.6 Å². The van der Waals surface area contributed by atoms with E-state index in [1.165, 1.54) is 44.3 Å². The lowest BCUT2D eigenvalue weighted by molar-refractivity contribution is -0.0964. The van der Waals surface area contributed by atoms with Gasteiger partial charge in [0, 0.05) is 23.1 Å². The molecule has 112 valence electrons. The van der Waals surface area contributed by atoms with E-state index >= 15 is 0 Å². The Labute approximate surface area is 123 Å². The van der Waals surface area contributed by atoms with Crippen LogP contribution in [0.2, 0.25) is 0 Å². The maximum absolute atomic E-state index is 6.16. The molecule has 2 nitrogen and oxygen atoms in total. The highest BCUT2D eigenvalue weighted by atomic mass is 32.2. The molecule has 0 amide bonds. The van der Waals surface area contributed by atoms with Crippen LogP contribution in [0.1, 0.15) is 59.3 Å². The lowest BCUT2D eigenvalue weighted by Gasteiger charge is -2.41. The summed E-state index contributed by atoms with van der Waals surface area (Å²) in [5.74, 6) is 2.02. The normalized spacial score (nSPS) is 28.7. The van der Waals surface area contributed by atoms with E-state index in [2.05, 4.69) is 44.9 Å². The summed E-state index contributed by atoms with van der Waals surface area (Å²) >= 11 is 2.09. The van der Waals surface area contributed by atoms with Gasteiger partial charge in [0.2, 0.25) is 0 Å². The molecule has 1 N–H and O–H groups in total. The predicted octanol–water partition coefficient (Wildman–Crippen LogP) is 3.85. The van der Waals surface area contributed by atoms with Crippen molar-refractivity contribution < 1.29 is 4.74 Å². The summed E-state index contributed by atoms with van der Waals surface area (Å²) in [6.07, 6.45) is 7.85. The van der Waals surface area contributed by atoms with Crippen molar-refractivity contribution in [3.63, 3.8) is 0 Å². The van der Waals surface area contributed by atoms with E-state index in [1.54, 1.807) is 0 Å². The molecule has 3 heteroatoms. The molecule has 0 radical (unpaired) electrons. The summed E-state index contributed by atoms with van der Waals surface area (Å²) in [6, 6.07) is 0.644. The van der Waals surface area contributed by atoms with Gasteiger partial charge in [-0.15, -0.1) is 0 Å². The first kappa shape index (κ1) is 15.7. The third kappa shape index (κ3) is 4.37. The van der Waals surface area contributed by atoms with E-state index in [0.717, 1.165) is 12.5 Å². The number of nitrogens with one attached hydrogen (secondary N) is 1. The van der Waals surface area contributed by atoms with Crippen LogP contribution in [0, 0.1) is 5.92 Å². The van der Waals surface area contributed by atoms with Gasteiger partial charge in [-0.3, -0.25) is 0 Å². The summed E-state index contributed by atoms with van der Waals surface area (Å²) in [7, 11) is 2.13. The average Bonchev–Trinajstić information content (AvgIpc) is 2.77. The largest absolute Gasteiger partial charge is 0.375 e. The fourth-order valence-corrected chi connectivity index (χ4v) is 4.69. The Hall–Kier alpha value is 0.270. The first-order valence-corrected chi connectivity index (χ1v) is 8.88. The van der Waals surface area contributed by atoms with E-state index in [0.29, 0.717) is 10.8 Å². The zero-order chi connectivity index (χ0) is 13.9. The molecule has 0 aromatic carbocycles. The fourth-order valence-electron chi connectivity index (χ4n) is 3.57. The van der Waals surface area contributed by atoms with Crippen molar-refractivity contribution in [2.75, 3.05) is 19.4 Å². The van der Waals surface area contributed by atoms with Crippen LogP contribution in [-0.4, -0.2) is 35.8 Å². The fraction of sp³-hybridized carbons (Fsp3) is 1.00. The van der Waals surface area contributed by atoms with E-state index in [1.807, 2.05) is 0 Å². The minimum absolute atomic E-state index is 0.254. The smallest absolute Gasteiger partial charge is 0.0685 e. The van der Waals surface area contributed by atoms with Gasteiger partial charge in [-0.05, 0) is 38.6 Å². The molecule has 1 aliphatic heterocycles.